The fourth-order valence-corrected chi connectivity index (χ4v) is 3.09. The largest absolute Gasteiger partial charge is 0.314 e. The van der Waals surface area contributed by atoms with E-state index in [1.165, 1.54) is 37.8 Å². The van der Waals surface area contributed by atoms with Crippen molar-refractivity contribution in [2.24, 2.45) is 5.92 Å². The number of likely N-dealkylation sites (tertiary alicyclic amines) is 1. The van der Waals surface area contributed by atoms with E-state index in [4.69, 9.17) is 0 Å². The van der Waals surface area contributed by atoms with Crippen LogP contribution in [0, 0.1) is 16.0 Å². The van der Waals surface area contributed by atoms with Crippen LogP contribution in [0.2, 0.25) is 0 Å². The highest BCUT2D eigenvalue weighted by Crippen LogP contribution is 2.28. The molecule has 1 N–H and O–H groups in total. The number of nitro groups is 1. The fourth-order valence-electron chi connectivity index (χ4n) is 3.09. The first-order valence-electron chi connectivity index (χ1n) is 8.40. The summed E-state index contributed by atoms with van der Waals surface area (Å²) in [6.45, 7) is 4.59. The van der Waals surface area contributed by atoms with Crippen LogP contribution in [0.5, 0.6) is 0 Å². The number of hydrogen-bond donors (Lipinski definition) is 1. The lowest BCUT2D eigenvalue weighted by Crippen LogP contribution is -2.43. The Kier molecular flexibility index (Phi) is 6.81. The van der Waals surface area contributed by atoms with Crippen molar-refractivity contribution in [3.63, 3.8) is 0 Å². The van der Waals surface area contributed by atoms with E-state index in [1.807, 2.05) is 12.1 Å². The van der Waals surface area contributed by atoms with Crippen molar-refractivity contribution < 1.29 is 4.92 Å². The molecule has 1 saturated heterocycles. The highest BCUT2D eigenvalue weighted by molar-refractivity contribution is 5.85. The summed E-state index contributed by atoms with van der Waals surface area (Å²) in [4.78, 5) is 12.8. The Labute approximate surface area is 144 Å². The number of piperidine rings is 1. The summed E-state index contributed by atoms with van der Waals surface area (Å²) >= 11 is 0. The van der Waals surface area contributed by atoms with Crippen molar-refractivity contribution in [3.8, 4) is 0 Å². The zero-order valence-corrected chi connectivity index (χ0v) is 14.3. The van der Waals surface area contributed by atoms with Crippen molar-refractivity contribution in [3.05, 3.63) is 39.9 Å². The third kappa shape index (κ3) is 5.75. The second-order valence-corrected chi connectivity index (χ2v) is 6.64. The van der Waals surface area contributed by atoms with E-state index in [0.717, 1.165) is 32.0 Å². The number of nitro benzene ring substituents is 1. The van der Waals surface area contributed by atoms with Crippen molar-refractivity contribution >= 4 is 18.1 Å². The molecule has 1 aromatic rings. The van der Waals surface area contributed by atoms with Crippen molar-refractivity contribution in [2.45, 2.75) is 38.1 Å². The van der Waals surface area contributed by atoms with Gasteiger partial charge in [-0.05, 0) is 63.2 Å². The summed E-state index contributed by atoms with van der Waals surface area (Å²) in [7, 11) is 0. The zero-order valence-electron chi connectivity index (χ0n) is 13.4. The maximum absolute atomic E-state index is 10.6. The van der Waals surface area contributed by atoms with Crippen LogP contribution in [0.3, 0.4) is 0 Å². The molecular weight excluding hydrogens is 314 g/mol. The molecule has 0 radical (unpaired) electrons. The minimum atomic E-state index is -0.344. The molecule has 5 nitrogen and oxygen atoms in total. The molecule has 0 atom stereocenters. The van der Waals surface area contributed by atoms with Gasteiger partial charge in [0.2, 0.25) is 0 Å². The third-order valence-corrected chi connectivity index (χ3v) is 4.84. The highest BCUT2D eigenvalue weighted by Gasteiger charge is 2.24. The summed E-state index contributed by atoms with van der Waals surface area (Å²) in [5.74, 6) is 0.958. The molecule has 1 aliphatic heterocycles. The number of non-ortho nitro benzene ring substituents is 1. The molecule has 1 saturated carbocycles. The number of benzene rings is 1. The maximum Gasteiger partial charge on any atom is 0.269 e. The molecule has 2 fully saturated rings. The van der Waals surface area contributed by atoms with Gasteiger partial charge in [0, 0.05) is 24.7 Å². The topological polar surface area (TPSA) is 58.4 Å². The molecule has 0 spiro atoms. The molecule has 1 aliphatic carbocycles. The minimum absolute atomic E-state index is 0. The number of nitrogens with one attached hydrogen (secondary N) is 1. The maximum atomic E-state index is 10.6. The van der Waals surface area contributed by atoms with Crippen LogP contribution in [-0.4, -0.2) is 42.0 Å². The molecule has 128 valence electrons. The zero-order chi connectivity index (χ0) is 15.4. The highest BCUT2D eigenvalue weighted by atomic mass is 35.5. The van der Waals surface area contributed by atoms with Gasteiger partial charge in [0.25, 0.3) is 5.69 Å². The summed E-state index contributed by atoms with van der Waals surface area (Å²) in [5, 5.41) is 14.3. The third-order valence-electron chi connectivity index (χ3n) is 4.84. The molecule has 2 aliphatic rings. The summed E-state index contributed by atoms with van der Waals surface area (Å²) in [6.07, 6.45) is 6.29. The molecule has 0 amide bonds. The summed E-state index contributed by atoms with van der Waals surface area (Å²) in [6, 6.07) is 7.66. The van der Waals surface area contributed by atoms with Gasteiger partial charge in [0.1, 0.15) is 0 Å². The molecule has 6 heteroatoms. The van der Waals surface area contributed by atoms with Crippen LogP contribution in [0.25, 0.3) is 0 Å². The minimum Gasteiger partial charge on any atom is -0.314 e. The van der Waals surface area contributed by atoms with Gasteiger partial charge >= 0.3 is 0 Å². The summed E-state index contributed by atoms with van der Waals surface area (Å²) < 4.78 is 0. The Hall–Kier alpha value is -1.17. The predicted molar refractivity (Wildman–Crippen MR) is 94.2 cm³/mol. The Morgan fingerprint density at radius 1 is 1.13 bits per heavy atom. The van der Waals surface area contributed by atoms with Crippen LogP contribution in [0.1, 0.15) is 31.2 Å². The van der Waals surface area contributed by atoms with Crippen LogP contribution in [0.15, 0.2) is 24.3 Å². The number of halogens is 1. The first-order chi connectivity index (χ1) is 10.7. The molecule has 0 bridgehead atoms. The van der Waals surface area contributed by atoms with Crippen LogP contribution in [-0.2, 0) is 6.42 Å². The Bertz CT molecular complexity index is 497. The molecule has 23 heavy (non-hydrogen) atoms. The van der Waals surface area contributed by atoms with Gasteiger partial charge < -0.3 is 10.2 Å². The van der Waals surface area contributed by atoms with E-state index in [2.05, 4.69) is 10.2 Å². The van der Waals surface area contributed by atoms with E-state index in [0.29, 0.717) is 6.04 Å². The summed E-state index contributed by atoms with van der Waals surface area (Å²) in [5.41, 5.74) is 1.35. The van der Waals surface area contributed by atoms with E-state index in [1.54, 1.807) is 12.1 Å². The van der Waals surface area contributed by atoms with E-state index in [-0.39, 0.29) is 23.0 Å². The van der Waals surface area contributed by atoms with Crippen molar-refractivity contribution in [2.75, 3.05) is 26.2 Å². The van der Waals surface area contributed by atoms with Crippen LogP contribution < -0.4 is 5.32 Å². The Balaban J connectivity index is 0.00000192. The number of rotatable bonds is 7. The molecule has 1 heterocycles. The second kappa shape index (κ2) is 8.62. The van der Waals surface area contributed by atoms with Gasteiger partial charge in [0.05, 0.1) is 4.92 Å². The van der Waals surface area contributed by atoms with E-state index in [9.17, 15) is 10.1 Å². The molecular formula is C17H26ClN3O2. The Morgan fingerprint density at radius 2 is 1.78 bits per heavy atom. The normalized spacial score (nSPS) is 19.3. The monoisotopic (exact) mass is 339 g/mol. The fraction of sp³-hybridized carbons (Fsp3) is 0.647. The molecule has 0 unspecified atom stereocenters. The van der Waals surface area contributed by atoms with Crippen LogP contribution in [0.4, 0.5) is 5.69 Å². The predicted octanol–water partition coefficient (Wildman–Crippen LogP) is 3.02. The lowest BCUT2D eigenvalue weighted by Gasteiger charge is -2.32. The van der Waals surface area contributed by atoms with Crippen molar-refractivity contribution in [1.29, 1.82) is 0 Å². The van der Waals surface area contributed by atoms with E-state index < -0.39 is 0 Å². The lowest BCUT2D eigenvalue weighted by atomic mass is 10.0. The molecule has 1 aromatic carbocycles. The first-order valence-corrected chi connectivity index (χ1v) is 8.40. The lowest BCUT2D eigenvalue weighted by molar-refractivity contribution is -0.384. The van der Waals surface area contributed by atoms with Gasteiger partial charge in [-0.3, -0.25) is 10.1 Å². The average Bonchev–Trinajstić information content (AvgIpc) is 3.36. The van der Waals surface area contributed by atoms with Gasteiger partial charge in [0.15, 0.2) is 0 Å². The quantitative estimate of drug-likeness (QED) is 0.612. The van der Waals surface area contributed by atoms with E-state index >= 15 is 0 Å². The average molecular weight is 340 g/mol. The smallest absolute Gasteiger partial charge is 0.269 e. The SMILES string of the molecule is Cl.O=[N+]([O-])c1ccc(CCN2CCC(NCC3CC3)CC2)cc1. The first kappa shape index (κ1) is 18.2. The molecule has 3 rings (SSSR count). The van der Waals surface area contributed by atoms with Crippen molar-refractivity contribution in [1.82, 2.24) is 10.2 Å². The number of nitrogens with zero attached hydrogens (tertiary/aromatic N) is 2. The standard InChI is InChI=1S/C17H25N3O2.ClH/c21-20(22)17-5-3-14(4-6-17)7-10-19-11-8-16(9-12-19)18-13-15-1-2-15;/h3-6,15-16,18H,1-2,7-13H2;1H. The van der Waals surface area contributed by atoms with Gasteiger partial charge in [-0.25, -0.2) is 0 Å². The second-order valence-electron chi connectivity index (χ2n) is 6.64. The van der Waals surface area contributed by atoms with Gasteiger partial charge in [-0.1, -0.05) is 12.1 Å². The van der Waals surface area contributed by atoms with Gasteiger partial charge in [-0.15, -0.1) is 12.4 Å². The van der Waals surface area contributed by atoms with Gasteiger partial charge in [-0.2, -0.15) is 0 Å². The molecule has 0 aromatic heterocycles. The van der Waals surface area contributed by atoms with Crippen LogP contribution >= 0.6 is 12.4 Å². The Morgan fingerprint density at radius 3 is 2.35 bits per heavy atom. The number of hydrogen-bond acceptors (Lipinski definition) is 4.